The Labute approximate surface area is 174 Å². The van der Waals surface area contributed by atoms with Crippen LogP contribution in [-0.2, 0) is 27.4 Å². The van der Waals surface area contributed by atoms with E-state index in [4.69, 9.17) is 4.74 Å². The molecular formula is C23H35N3O3. The molecule has 3 unspecified atom stereocenters. The van der Waals surface area contributed by atoms with Crippen molar-refractivity contribution in [1.29, 1.82) is 0 Å². The fourth-order valence-electron chi connectivity index (χ4n) is 4.74. The van der Waals surface area contributed by atoms with Gasteiger partial charge in [-0.1, -0.05) is 37.1 Å². The number of nitrogens with one attached hydrogen (secondary N) is 2. The Morgan fingerprint density at radius 2 is 1.72 bits per heavy atom. The third-order valence-corrected chi connectivity index (χ3v) is 5.97. The first-order valence-electron chi connectivity index (χ1n) is 10.9. The normalized spacial score (nSPS) is 24.2. The molecule has 1 aliphatic heterocycles. The van der Waals surface area contributed by atoms with Crippen LogP contribution in [0.25, 0.3) is 0 Å². The molecule has 2 fully saturated rings. The summed E-state index contributed by atoms with van der Waals surface area (Å²) in [6, 6.07) is 7.84. The Kier molecular flexibility index (Phi) is 7.67. The highest BCUT2D eigenvalue weighted by Gasteiger charge is 2.31. The van der Waals surface area contributed by atoms with Crippen LogP contribution in [0.15, 0.2) is 24.3 Å². The van der Waals surface area contributed by atoms with Crippen LogP contribution in [0.4, 0.5) is 0 Å². The molecule has 1 heterocycles. The quantitative estimate of drug-likeness (QED) is 0.737. The van der Waals surface area contributed by atoms with Crippen molar-refractivity contribution in [2.45, 2.75) is 77.8 Å². The van der Waals surface area contributed by atoms with Gasteiger partial charge in [0.15, 0.2) is 0 Å². The van der Waals surface area contributed by atoms with Gasteiger partial charge in [0.1, 0.15) is 6.04 Å². The van der Waals surface area contributed by atoms with Gasteiger partial charge in [-0.05, 0) is 43.7 Å². The molecule has 1 aliphatic carbocycles. The van der Waals surface area contributed by atoms with E-state index in [9.17, 15) is 9.59 Å². The monoisotopic (exact) mass is 401 g/mol. The summed E-state index contributed by atoms with van der Waals surface area (Å²) in [6.07, 6.45) is 4.73. The largest absolute Gasteiger partial charge is 0.373 e. The van der Waals surface area contributed by atoms with Gasteiger partial charge >= 0.3 is 0 Å². The second kappa shape index (κ2) is 10.2. The third kappa shape index (κ3) is 6.28. The van der Waals surface area contributed by atoms with Crippen molar-refractivity contribution in [3.05, 3.63) is 35.4 Å². The SMILES string of the molecule is CC(=O)NC(C(=O)NCc1ccccc1CN1CC(C)OC(C)C1)C1CCCC1. The molecular weight excluding hydrogens is 366 g/mol. The average Bonchev–Trinajstić information content (AvgIpc) is 3.18. The minimum absolute atomic E-state index is 0.0736. The number of rotatable bonds is 7. The van der Waals surface area contributed by atoms with Gasteiger partial charge in [-0.25, -0.2) is 0 Å². The van der Waals surface area contributed by atoms with E-state index in [1.54, 1.807) is 0 Å². The molecule has 1 aromatic carbocycles. The number of carbonyl (C=O) groups excluding carboxylic acids is 2. The predicted molar refractivity (Wildman–Crippen MR) is 113 cm³/mol. The Hall–Kier alpha value is -1.92. The number of hydrogen-bond acceptors (Lipinski definition) is 4. The highest BCUT2D eigenvalue weighted by Crippen LogP contribution is 2.28. The zero-order chi connectivity index (χ0) is 20.8. The standard InChI is InChI=1S/C23H35N3O3/c1-16-13-26(14-17(2)29-16)15-21-11-7-6-10-20(21)12-24-23(28)22(25-18(3)27)19-8-4-5-9-19/h6-7,10-11,16-17,19,22H,4-5,8-9,12-15H2,1-3H3,(H,24,28)(H,25,27). The molecule has 3 rings (SSSR count). The number of hydrogen-bond donors (Lipinski definition) is 2. The Bertz CT molecular complexity index is 692. The van der Waals surface area contributed by atoms with E-state index in [2.05, 4.69) is 41.5 Å². The second-order valence-electron chi connectivity index (χ2n) is 8.66. The zero-order valence-corrected chi connectivity index (χ0v) is 17.9. The molecule has 160 valence electrons. The molecule has 1 aromatic rings. The molecule has 0 radical (unpaired) electrons. The zero-order valence-electron chi connectivity index (χ0n) is 17.9. The van der Waals surface area contributed by atoms with E-state index in [1.807, 2.05) is 12.1 Å². The molecule has 2 amide bonds. The maximum Gasteiger partial charge on any atom is 0.243 e. The summed E-state index contributed by atoms with van der Waals surface area (Å²) in [5.74, 6) is 0.0222. The van der Waals surface area contributed by atoms with Gasteiger partial charge in [0, 0.05) is 33.1 Å². The summed E-state index contributed by atoms with van der Waals surface area (Å²) < 4.78 is 5.84. The molecule has 6 heteroatoms. The van der Waals surface area contributed by atoms with E-state index in [0.717, 1.165) is 50.9 Å². The minimum Gasteiger partial charge on any atom is -0.373 e. The molecule has 6 nitrogen and oxygen atoms in total. The van der Waals surface area contributed by atoms with Crippen LogP contribution >= 0.6 is 0 Å². The first-order valence-corrected chi connectivity index (χ1v) is 10.9. The lowest BCUT2D eigenvalue weighted by Crippen LogP contribution is -2.49. The highest BCUT2D eigenvalue weighted by atomic mass is 16.5. The topological polar surface area (TPSA) is 70.7 Å². The highest BCUT2D eigenvalue weighted by molar-refractivity contribution is 5.87. The lowest BCUT2D eigenvalue weighted by atomic mass is 9.97. The van der Waals surface area contributed by atoms with E-state index < -0.39 is 6.04 Å². The Balaban J connectivity index is 1.62. The van der Waals surface area contributed by atoms with Gasteiger partial charge in [0.2, 0.25) is 11.8 Å². The van der Waals surface area contributed by atoms with Gasteiger partial charge in [0.25, 0.3) is 0 Å². The number of nitrogens with zero attached hydrogens (tertiary/aromatic N) is 1. The number of carbonyl (C=O) groups is 2. The fourth-order valence-corrected chi connectivity index (χ4v) is 4.74. The summed E-state index contributed by atoms with van der Waals surface area (Å²) >= 11 is 0. The molecule has 29 heavy (non-hydrogen) atoms. The van der Waals surface area contributed by atoms with Crippen molar-refractivity contribution < 1.29 is 14.3 Å². The van der Waals surface area contributed by atoms with Crippen molar-refractivity contribution in [3.63, 3.8) is 0 Å². The Morgan fingerprint density at radius 1 is 1.10 bits per heavy atom. The van der Waals surface area contributed by atoms with E-state index in [-0.39, 0.29) is 29.9 Å². The third-order valence-electron chi connectivity index (χ3n) is 5.97. The van der Waals surface area contributed by atoms with Crippen LogP contribution in [0.3, 0.4) is 0 Å². The summed E-state index contributed by atoms with van der Waals surface area (Å²) in [7, 11) is 0. The average molecular weight is 402 g/mol. The van der Waals surface area contributed by atoms with Crippen molar-refractivity contribution >= 4 is 11.8 Å². The van der Waals surface area contributed by atoms with Gasteiger partial charge in [-0.2, -0.15) is 0 Å². The number of benzene rings is 1. The van der Waals surface area contributed by atoms with Crippen LogP contribution in [0.1, 0.15) is 57.6 Å². The number of morpholine rings is 1. The van der Waals surface area contributed by atoms with Crippen molar-refractivity contribution in [3.8, 4) is 0 Å². The lowest BCUT2D eigenvalue weighted by Gasteiger charge is -2.35. The van der Waals surface area contributed by atoms with E-state index in [1.165, 1.54) is 12.5 Å². The van der Waals surface area contributed by atoms with Crippen LogP contribution in [0.2, 0.25) is 0 Å². The van der Waals surface area contributed by atoms with Crippen LogP contribution in [0.5, 0.6) is 0 Å². The fraction of sp³-hybridized carbons (Fsp3) is 0.652. The number of amides is 2. The Morgan fingerprint density at radius 3 is 2.34 bits per heavy atom. The van der Waals surface area contributed by atoms with Crippen molar-refractivity contribution in [1.82, 2.24) is 15.5 Å². The van der Waals surface area contributed by atoms with Crippen LogP contribution in [0, 0.1) is 5.92 Å². The summed E-state index contributed by atoms with van der Waals surface area (Å²) in [5.41, 5.74) is 2.35. The van der Waals surface area contributed by atoms with Gasteiger partial charge < -0.3 is 15.4 Å². The number of ether oxygens (including phenoxy) is 1. The summed E-state index contributed by atoms with van der Waals surface area (Å²) in [6.45, 7) is 8.86. The first-order chi connectivity index (χ1) is 13.9. The predicted octanol–water partition coefficient (Wildman–Crippen LogP) is 2.61. The van der Waals surface area contributed by atoms with E-state index in [0.29, 0.717) is 6.54 Å². The minimum atomic E-state index is -0.428. The molecule has 2 aliphatic rings. The van der Waals surface area contributed by atoms with Crippen LogP contribution < -0.4 is 10.6 Å². The summed E-state index contributed by atoms with van der Waals surface area (Å²) in [5, 5.41) is 5.95. The molecule has 1 saturated heterocycles. The molecule has 0 spiro atoms. The maximum absolute atomic E-state index is 12.9. The van der Waals surface area contributed by atoms with Gasteiger partial charge in [-0.3, -0.25) is 14.5 Å². The molecule has 0 aromatic heterocycles. The molecule has 0 bridgehead atoms. The van der Waals surface area contributed by atoms with Gasteiger partial charge in [-0.15, -0.1) is 0 Å². The molecule has 3 atom stereocenters. The lowest BCUT2D eigenvalue weighted by molar-refractivity contribution is -0.129. The van der Waals surface area contributed by atoms with Crippen LogP contribution in [-0.4, -0.2) is 48.1 Å². The molecule has 1 saturated carbocycles. The first kappa shape index (κ1) is 21.8. The second-order valence-corrected chi connectivity index (χ2v) is 8.66. The molecule has 2 N–H and O–H groups in total. The smallest absolute Gasteiger partial charge is 0.243 e. The summed E-state index contributed by atoms with van der Waals surface area (Å²) in [4.78, 5) is 26.9. The van der Waals surface area contributed by atoms with Crippen molar-refractivity contribution in [2.24, 2.45) is 5.92 Å². The van der Waals surface area contributed by atoms with Gasteiger partial charge in [0.05, 0.1) is 12.2 Å². The van der Waals surface area contributed by atoms with Crippen molar-refractivity contribution in [2.75, 3.05) is 13.1 Å². The maximum atomic E-state index is 12.9. The van der Waals surface area contributed by atoms with E-state index >= 15 is 0 Å².